The summed E-state index contributed by atoms with van der Waals surface area (Å²) in [5.74, 6) is 1.01. The highest BCUT2D eigenvalue weighted by atomic mass is 35.5. The third-order valence-electron chi connectivity index (χ3n) is 6.19. The summed E-state index contributed by atoms with van der Waals surface area (Å²) >= 11 is 11.6. The molecule has 1 saturated carbocycles. The van der Waals surface area contributed by atoms with E-state index in [1.165, 1.54) is 12.1 Å². The first kappa shape index (κ1) is 24.7. The molecule has 0 saturated heterocycles. The summed E-state index contributed by atoms with van der Waals surface area (Å²) in [6, 6.07) is 11.8. The summed E-state index contributed by atoms with van der Waals surface area (Å²) in [7, 11) is 0. The number of carbonyl (C=O) groups excluding carboxylic acids is 2. The zero-order chi connectivity index (χ0) is 22.9. The molecule has 0 bridgehead atoms. The lowest BCUT2D eigenvalue weighted by Crippen LogP contribution is -2.21. The first-order chi connectivity index (χ1) is 15.4. The van der Waals surface area contributed by atoms with Crippen LogP contribution in [0.3, 0.4) is 0 Å². The molecule has 1 fully saturated rings. The molecule has 3 rings (SSSR count). The molecule has 0 spiro atoms. The zero-order valence-electron chi connectivity index (χ0n) is 18.1. The van der Waals surface area contributed by atoms with Gasteiger partial charge in [0, 0.05) is 30.4 Å². The van der Waals surface area contributed by atoms with Crippen LogP contribution in [0.4, 0.5) is 4.39 Å². The van der Waals surface area contributed by atoms with Crippen LogP contribution in [0.1, 0.15) is 56.9 Å². The molecule has 6 heteroatoms. The molecule has 0 unspecified atom stereocenters. The van der Waals surface area contributed by atoms with Crippen LogP contribution in [-0.4, -0.2) is 18.2 Å². The minimum atomic E-state index is -0.558. The number of hydrogen-bond donors (Lipinski definition) is 0. The van der Waals surface area contributed by atoms with Crippen molar-refractivity contribution in [2.45, 2.75) is 57.8 Å². The third kappa shape index (κ3) is 8.22. The molecular formula is C26H29Cl2FO3. The standard InChI is InChI=1S/C26H29Cl2FO3/c27-21-3-1-2-19(14-21)9-11-22(30)10-8-18-4-6-20(7-5-18)15-23(31)17-32-24-12-13-25(28)26(29)16-24/h1-3,12-14,16,18,20H,4-11,15,17H2. The Hall–Kier alpha value is -1.91. The van der Waals surface area contributed by atoms with Crippen LogP contribution in [-0.2, 0) is 16.0 Å². The first-order valence-electron chi connectivity index (χ1n) is 11.2. The minimum Gasteiger partial charge on any atom is -0.486 e. The fourth-order valence-corrected chi connectivity index (χ4v) is 4.63. The van der Waals surface area contributed by atoms with E-state index in [1.807, 2.05) is 24.3 Å². The third-order valence-corrected chi connectivity index (χ3v) is 6.73. The lowest BCUT2D eigenvalue weighted by atomic mass is 9.78. The predicted molar refractivity (Wildman–Crippen MR) is 126 cm³/mol. The van der Waals surface area contributed by atoms with Gasteiger partial charge in [0.15, 0.2) is 5.78 Å². The van der Waals surface area contributed by atoms with E-state index in [9.17, 15) is 14.0 Å². The van der Waals surface area contributed by atoms with Gasteiger partial charge in [0.2, 0.25) is 0 Å². The Labute approximate surface area is 199 Å². The summed E-state index contributed by atoms with van der Waals surface area (Å²) in [6.07, 6.45) is 7.46. The summed E-state index contributed by atoms with van der Waals surface area (Å²) in [4.78, 5) is 24.5. The van der Waals surface area contributed by atoms with Gasteiger partial charge in [0.1, 0.15) is 24.0 Å². The number of benzene rings is 2. The van der Waals surface area contributed by atoms with Crippen LogP contribution < -0.4 is 4.74 Å². The van der Waals surface area contributed by atoms with Crippen molar-refractivity contribution >= 4 is 34.8 Å². The molecule has 2 aromatic rings. The Morgan fingerprint density at radius 3 is 2.41 bits per heavy atom. The van der Waals surface area contributed by atoms with Crippen molar-refractivity contribution in [3.63, 3.8) is 0 Å². The normalized spacial score (nSPS) is 18.3. The number of carbonyl (C=O) groups is 2. The number of hydrogen-bond acceptors (Lipinski definition) is 3. The van der Waals surface area contributed by atoms with Crippen LogP contribution in [0.15, 0.2) is 42.5 Å². The smallest absolute Gasteiger partial charge is 0.170 e. The summed E-state index contributed by atoms with van der Waals surface area (Å²) in [6.45, 7) is -0.0534. The molecule has 0 aromatic heterocycles. The van der Waals surface area contributed by atoms with Crippen LogP contribution in [0.25, 0.3) is 0 Å². The maximum atomic E-state index is 13.4. The molecule has 2 aromatic carbocycles. The number of rotatable bonds is 11. The van der Waals surface area contributed by atoms with Crippen LogP contribution in [0, 0.1) is 17.7 Å². The Kier molecular flexibility index (Phi) is 9.55. The average Bonchev–Trinajstić information content (AvgIpc) is 2.78. The second-order valence-corrected chi connectivity index (χ2v) is 9.55. The van der Waals surface area contributed by atoms with Gasteiger partial charge in [-0.05, 0) is 67.3 Å². The van der Waals surface area contributed by atoms with E-state index in [0.717, 1.165) is 44.1 Å². The van der Waals surface area contributed by atoms with Gasteiger partial charge in [-0.1, -0.05) is 48.2 Å². The molecule has 3 nitrogen and oxygen atoms in total. The minimum absolute atomic E-state index is 0.0278. The number of aryl methyl sites for hydroxylation is 1. The molecular weight excluding hydrogens is 450 g/mol. The van der Waals surface area contributed by atoms with E-state index in [1.54, 1.807) is 6.07 Å². The van der Waals surface area contributed by atoms with Crippen LogP contribution >= 0.6 is 23.2 Å². The first-order valence-corrected chi connectivity index (χ1v) is 12.0. The maximum Gasteiger partial charge on any atom is 0.170 e. The van der Waals surface area contributed by atoms with E-state index < -0.39 is 5.82 Å². The quantitative estimate of drug-likeness (QED) is 0.341. The number of halogens is 3. The van der Waals surface area contributed by atoms with E-state index in [-0.39, 0.29) is 17.4 Å². The van der Waals surface area contributed by atoms with Crippen LogP contribution in [0.2, 0.25) is 10.0 Å². The second-order valence-electron chi connectivity index (χ2n) is 8.70. The van der Waals surface area contributed by atoms with E-state index in [4.69, 9.17) is 27.9 Å². The molecule has 1 aliphatic rings. The van der Waals surface area contributed by atoms with Crippen molar-refractivity contribution in [3.8, 4) is 5.75 Å². The molecule has 0 heterocycles. The highest BCUT2D eigenvalue weighted by molar-refractivity contribution is 6.31. The van der Waals surface area contributed by atoms with Crippen molar-refractivity contribution in [2.75, 3.05) is 6.61 Å². The van der Waals surface area contributed by atoms with Gasteiger partial charge in [0.05, 0.1) is 5.02 Å². The highest BCUT2D eigenvalue weighted by Crippen LogP contribution is 2.33. The van der Waals surface area contributed by atoms with Gasteiger partial charge in [0.25, 0.3) is 0 Å². The Bertz CT molecular complexity index is 923. The summed E-state index contributed by atoms with van der Waals surface area (Å²) < 4.78 is 18.8. The molecule has 0 amide bonds. The fraction of sp³-hybridized carbons (Fsp3) is 0.462. The molecule has 0 atom stereocenters. The maximum absolute atomic E-state index is 13.4. The number of Topliss-reactive ketones (excluding diaryl/α,β-unsaturated/α-hetero) is 2. The Balaban J connectivity index is 1.29. The molecule has 0 N–H and O–H groups in total. The molecule has 0 radical (unpaired) electrons. The monoisotopic (exact) mass is 478 g/mol. The SMILES string of the molecule is O=C(CCc1cccc(Cl)c1)CCC1CCC(CC(=O)COc2ccc(Cl)c(F)c2)CC1. The van der Waals surface area contributed by atoms with E-state index in [0.29, 0.717) is 47.7 Å². The lowest BCUT2D eigenvalue weighted by Gasteiger charge is -2.28. The largest absolute Gasteiger partial charge is 0.486 e. The van der Waals surface area contributed by atoms with Crippen molar-refractivity contribution in [1.82, 2.24) is 0 Å². The molecule has 1 aliphatic carbocycles. The summed E-state index contributed by atoms with van der Waals surface area (Å²) in [5, 5.41) is 0.735. The fourth-order valence-electron chi connectivity index (χ4n) is 4.30. The van der Waals surface area contributed by atoms with Gasteiger partial charge in [-0.15, -0.1) is 0 Å². The van der Waals surface area contributed by atoms with Crippen molar-refractivity contribution in [2.24, 2.45) is 11.8 Å². The van der Waals surface area contributed by atoms with Gasteiger partial charge in [-0.25, -0.2) is 4.39 Å². The molecule has 32 heavy (non-hydrogen) atoms. The highest BCUT2D eigenvalue weighted by Gasteiger charge is 2.23. The topological polar surface area (TPSA) is 43.4 Å². The van der Waals surface area contributed by atoms with Crippen LogP contribution in [0.5, 0.6) is 5.75 Å². The van der Waals surface area contributed by atoms with E-state index >= 15 is 0 Å². The van der Waals surface area contributed by atoms with Gasteiger partial charge in [-0.3, -0.25) is 9.59 Å². The Morgan fingerprint density at radius 1 is 0.938 bits per heavy atom. The molecule has 0 aliphatic heterocycles. The van der Waals surface area contributed by atoms with Gasteiger partial charge >= 0.3 is 0 Å². The van der Waals surface area contributed by atoms with Gasteiger partial charge in [-0.2, -0.15) is 0 Å². The van der Waals surface area contributed by atoms with Crippen molar-refractivity contribution in [1.29, 1.82) is 0 Å². The summed E-state index contributed by atoms with van der Waals surface area (Å²) in [5.41, 5.74) is 1.10. The second kappa shape index (κ2) is 12.4. The van der Waals surface area contributed by atoms with Gasteiger partial charge < -0.3 is 4.74 Å². The molecule has 172 valence electrons. The lowest BCUT2D eigenvalue weighted by molar-refractivity contribution is -0.122. The predicted octanol–water partition coefficient (Wildman–Crippen LogP) is 7.26. The number of ketones is 2. The Morgan fingerprint density at radius 2 is 1.69 bits per heavy atom. The van der Waals surface area contributed by atoms with Crippen molar-refractivity contribution in [3.05, 3.63) is 63.9 Å². The van der Waals surface area contributed by atoms with Crippen molar-refractivity contribution < 1.29 is 18.7 Å². The zero-order valence-corrected chi connectivity index (χ0v) is 19.6. The average molecular weight is 479 g/mol. The number of ether oxygens (including phenoxy) is 1. The van der Waals surface area contributed by atoms with E-state index in [2.05, 4.69) is 0 Å².